The van der Waals surface area contributed by atoms with E-state index in [9.17, 15) is 37.8 Å². The summed E-state index contributed by atoms with van der Waals surface area (Å²) >= 11 is 5.57. The molecule has 0 bridgehead atoms. The van der Waals surface area contributed by atoms with Crippen LogP contribution in [0.5, 0.6) is 11.5 Å². The zero-order valence-corrected chi connectivity index (χ0v) is 12.5. The molecule has 0 radical (unpaired) electrons. The number of nitro groups is 2. The maximum Gasteiger partial charge on any atom is 0.416 e. The van der Waals surface area contributed by atoms with Gasteiger partial charge in [-0.2, -0.15) is 13.2 Å². The van der Waals surface area contributed by atoms with E-state index in [-0.39, 0.29) is 6.07 Å². The van der Waals surface area contributed by atoms with Gasteiger partial charge in [0.2, 0.25) is 0 Å². The zero-order chi connectivity index (χ0) is 18.9. The fourth-order valence-electron chi connectivity index (χ4n) is 1.81. The number of nitrogens with zero attached hydrogens (tertiary/aromatic N) is 2. The molecule has 0 spiro atoms. The fourth-order valence-corrected chi connectivity index (χ4v) is 2.05. The summed E-state index contributed by atoms with van der Waals surface area (Å²) in [5.41, 5.74) is -3.13. The summed E-state index contributed by atoms with van der Waals surface area (Å²) < 4.78 is 56.5. The van der Waals surface area contributed by atoms with Gasteiger partial charge in [0.25, 0.3) is 0 Å². The average molecular weight is 381 g/mol. The Morgan fingerprint density at radius 1 is 1.00 bits per heavy atom. The van der Waals surface area contributed by atoms with Crippen LogP contribution in [-0.4, -0.2) is 9.85 Å². The summed E-state index contributed by atoms with van der Waals surface area (Å²) in [5.74, 6) is -2.68. The molecule has 2 aromatic rings. The summed E-state index contributed by atoms with van der Waals surface area (Å²) in [6.07, 6.45) is -4.84. The van der Waals surface area contributed by atoms with Gasteiger partial charge in [0.1, 0.15) is 5.75 Å². The Balaban J connectivity index is 2.45. The molecule has 7 nitrogen and oxygen atoms in total. The minimum absolute atomic E-state index is 0.140. The highest BCUT2D eigenvalue weighted by Crippen LogP contribution is 2.40. The van der Waals surface area contributed by atoms with Gasteiger partial charge in [-0.3, -0.25) is 20.2 Å². The maximum atomic E-state index is 13.8. The van der Waals surface area contributed by atoms with Crippen molar-refractivity contribution < 1.29 is 32.1 Å². The minimum atomic E-state index is -4.84. The third kappa shape index (κ3) is 3.94. The third-order valence-corrected chi connectivity index (χ3v) is 3.17. The molecule has 0 aliphatic rings. The molecule has 0 saturated carbocycles. The predicted octanol–water partition coefficient (Wildman–Crippen LogP) is 5.11. The Kier molecular flexibility index (Phi) is 4.79. The van der Waals surface area contributed by atoms with Crippen molar-refractivity contribution in [2.24, 2.45) is 0 Å². The third-order valence-electron chi connectivity index (χ3n) is 2.89. The lowest BCUT2D eigenvalue weighted by Gasteiger charge is -2.12. The van der Waals surface area contributed by atoms with Crippen LogP contribution in [0.1, 0.15) is 5.56 Å². The second kappa shape index (κ2) is 6.51. The summed E-state index contributed by atoms with van der Waals surface area (Å²) in [6.45, 7) is 0. The Labute approximate surface area is 140 Å². The molecule has 2 rings (SSSR count). The van der Waals surface area contributed by atoms with Crippen LogP contribution in [0.25, 0.3) is 0 Å². The zero-order valence-electron chi connectivity index (χ0n) is 11.7. The van der Waals surface area contributed by atoms with E-state index in [1.165, 1.54) is 0 Å². The van der Waals surface area contributed by atoms with Crippen molar-refractivity contribution in [2.75, 3.05) is 0 Å². The van der Waals surface area contributed by atoms with Crippen molar-refractivity contribution in [3.8, 4) is 11.5 Å². The van der Waals surface area contributed by atoms with Crippen LogP contribution in [-0.2, 0) is 6.18 Å². The minimum Gasteiger partial charge on any atom is -0.452 e. The fraction of sp³-hybridized carbons (Fsp3) is 0.0769. The summed E-state index contributed by atoms with van der Waals surface area (Å²) in [6, 6.07) is 2.84. The molecule has 0 amide bonds. The molecule has 0 unspecified atom stereocenters. The van der Waals surface area contributed by atoms with E-state index in [0.717, 1.165) is 12.1 Å². The van der Waals surface area contributed by atoms with Gasteiger partial charge in [-0.15, -0.1) is 0 Å². The standard InChI is InChI=1S/C13H5ClF4N2O5/c14-8-3-6(13(16,17)18)4-9(15)12(8)25-7-1-2-10(19(21)22)11(5-7)20(23)24/h1-5H. The monoisotopic (exact) mass is 380 g/mol. The molecule has 0 atom stereocenters. The van der Waals surface area contributed by atoms with Crippen molar-refractivity contribution in [3.63, 3.8) is 0 Å². The van der Waals surface area contributed by atoms with E-state index in [1.807, 2.05) is 0 Å². The molecule has 0 aliphatic heterocycles. The van der Waals surface area contributed by atoms with E-state index in [1.54, 1.807) is 0 Å². The van der Waals surface area contributed by atoms with E-state index >= 15 is 0 Å². The van der Waals surface area contributed by atoms with Gasteiger partial charge in [0.15, 0.2) is 11.6 Å². The van der Waals surface area contributed by atoms with E-state index in [4.69, 9.17) is 16.3 Å². The van der Waals surface area contributed by atoms with E-state index in [0.29, 0.717) is 12.1 Å². The van der Waals surface area contributed by atoms with Crippen molar-refractivity contribution in [3.05, 3.63) is 67.0 Å². The highest BCUT2D eigenvalue weighted by molar-refractivity contribution is 6.32. The lowest BCUT2D eigenvalue weighted by molar-refractivity contribution is -0.422. The van der Waals surface area contributed by atoms with Gasteiger partial charge in [0, 0.05) is 6.07 Å². The number of nitro benzene ring substituents is 2. The Morgan fingerprint density at radius 3 is 2.08 bits per heavy atom. The van der Waals surface area contributed by atoms with Crippen LogP contribution in [0.4, 0.5) is 28.9 Å². The van der Waals surface area contributed by atoms with E-state index < -0.39 is 55.3 Å². The summed E-state index contributed by atoms with van der Waals surface area (Å²) in [5, 5.41) is 20.8. The number of rotatable bonds is 4. The van der Waals surface area contributed by atoms with Gasteiger partial charge in [-0.1, -0.05) is 11.6 Å². The van der Waals surface area contributed by atoms with Crippen molar-refractivity contribution in [1.82, 2.24) is 0 Å². The highest BCUT2D eigenvalue weighted by Gasteiger charge is 2.33. The van der Waals surface area contributed by atoms with Crippen LogP contribution in [0.2, 0.25) is 5.02 Å². The predicted molar refractivity (Wildman–Crippen MR) is 76.2 cm³/mol. The van der Waals surface area contributed by atoms with Crippen LogP contribution in [0.3, 0.4) is 0 Å². The topological polar surface area (TPSA) is 95.5 Å². The number of ether oxygens (including phenoxy) is 1. The molecule has 0 saturated heterocycles. The molecule has 2 aromatic carbocycles. The Bertz CT molecular complexity index is 849. The highest BCUT2D eigenvalue weighted by atomic mass is 35.5. The second-order valence-electron chi connectivity index (χ2n) is 4.53. The molecule has 0 aliphatic carbocycles. The molecule has 12 heteroatoms. The smallest absolute Gasteiger partial charge is 0.416 e. The first-order valence-corrected chi connectivity index (χ1v) is 6.55. The second-order valence-corrected chi connectivity index (χ2v) is 4.94. The van der Waals surface area contributed by atoms with E-state index in [2.05, 4.69) is 0 Å². The van der Waals surface area contributed by atoms with Gasteiger partial charge < -0.3 is 4.74 Å². The summed E-state index contributed by atoms with van der Waals surface area (Å²) in [4.78, 5) is 19.5. The summed E-state index contributed by atoms with van der Waals surface area (Å²) in [7, 11) is 0. The van der Waals surface area contributed by atoms with Crippen molar-refractivity contribution >= 4 is 23.0 Å². The normalized spacial score (nSPS) is 11.2. The van der Waals surface area contributed by atoms with Crippen molar-refractivity contribution in [2.45, 2.75) is 6.18 Å². The number of halogens is 5. The first kappa shape index (κ1) is 18.4. The number of hydrogen-bond donors (Lipinski definition) is 0. The molecule has 0 aromatic heterocycles. The lowest BCUT2D eigenvalue weighted by atomic mass is 10.2. The van der Waals surface area contributed by atoms with Crippen LogP contribution in [0, 0.1) is 26.0 Å². The van der Waals surface area contributed by atoms with Gasteiger partial charge in [-0.05, 0) is 18.2 Å². The largest absolute Gasteiger partial charge is 0.452 e. The molecule has 0 fully saturated rings. The lowest BCUT2D eigenvalue weighted by Crippen LogP contribution is -2.06. The molecule has 25 heavy (non-hydrogen) atoms. The van der Waals surface area contributed by atoms with Crippen LogP contribution >= 0.6 is 11.6 Å². The SMILES string of the molecule is O=[N+]([O-])c1ccc(Oc2c(F)cc(C(F)(F)F)cc2Cl)cc1[N+](=O)[O-]. The van der Waals surface area contributed by atoms with Gasteiger partial charge in [-0.25, -0.2) is 4.39 Å². The molecular weight excluding hydrogens is 376 g/mol. The Morgan fingerprint density at radius 2 is 1.60 bits per heavy atom. The quantitative estimate of drug-likeness (QED) is 0.417. The number of alkyl halides is 3. The number of hydrogen-bond acceptors (Lipinski definition) is 5. The molecule has 0 heterocycles. The molecule has 132 valence electrons. The molecule has 0 N–H and O–H groups in total. The Hall–Kier alpha value is -2.95. The number of benzene rings is 2. The molecular formula is C13H5ClF4N2O5. The maximum absolute atomic E-state index is 13.8. The average Bonchev–Trinajstić information content (AvgIpc) is 2.49. The first-order chi connectivity index (χ1) is 11.5. The van der Waals surface area contributed by atoms with Gasteiger partial charge >= 0.3 is 17.6 Å². The van der Waals surface area contributed by atoms with Gasteiger partial charge in [0.05, 0.1) is 26.5 Å². The van der Waals surface area contributed by atoms with Crippen LogP contribution in [0.15, 0.2) is 30.3 Å². The first-order valence-electron chi connectivity index (χ1n) is 6.17. The van der Waals surface area contributed by atoms with Crippen LogP contribution < -0.4 is 4.74 Å². The van der Waals surface area contributed by atoms with Crippen molar-refractivity contribution in [1.29, 1.82) is 0 Å².